The maximum atomic E-state index is 12.7. The molecule has 140 valence electrons. The maximum Gasteiger partial charge on any atom is 0.287 e. The highest BCUT2D eigenvalue weighted by molar-refractivity contribution is 5.99. The summed E-state index contributed by atoms with van der Waals surface area (Å²) in [5.41, 5.74) is 1.65. The van der Waals surface area contributed by atoms with E-state index in [1.165, 1.54) is 0 Å². The van der Waals surface area contributed by atoms with Crippen LogP contribution in [0.3, 0.4) is 0 Å². The summed E-state index contributed by atoms with van der Waals surface area (Å²) in [4.78, 5) is 12.7. The van der Waals surface area contributed by atoms with Gasteiger partial charge in [-0.05, 0) is 31.7 Å². The van der Waals surface area contributed by atoms with Crippen molar-refractivity contribution in [2.24, 2.45) is 0 Å². The summed E-state index contributed by atoms with van der Waals surface area (Å²) in [5, 5.41) is 7.37. The predicted octanol–water partition coefficient (Wildman–Crippen LogP) is 2.61. The number of rotatable bonds is 7. The lowest BCUT2D eigenvalue weighted by Gasteiger charge is -2.12. The molecule has 2 aromatic rings. The average molecular weight is 358 g/mol. The third-order valence-corrected chi connectivity index (χ3v) is 5.12. The molecule has 2 atom stereocenters. The van der Waals surface area contributed by atoms with Crippen molar-refractivity contribution in [3.8, 4) is 0 Å². The molecule has 0 aliphatic carbocycles. The minimum atomic E-state index is -0.175. The summed E-state index contributed by atoms with van der Waals surface area (Å²) >= 11 is 0. The lowest BCUT2D eigenvalue weighted by Crippen LogP contribution is -2.32. The zero-order valence-electron chi connectivity index (χ0n) is 15.0. The minimum absolute atomic E-state index is 0.115. The van der Waals surface area contributed by atoms with E-state index in [-0.39, 0.29) is 18.1 Å². The fraction of sp³-hybridized carbons (Fsp3) is 0.550. The van der Waals surface area contributed by atoms with Gasteiger partial charge in [0.25, 0.3) is 5.91 Å². The van der Waals surface area contributed by atoms with Crippen molar-refractivity contribution in [3.63, 3.8) is 0 Å². The van der Waals surface area contributed by atoms with Crippen molar-refractivity contribution in [1.29, 1.82) is 0 Å². The molecule has 1 amide bonds. The Kier molecular flexibility index (Phi) is 5.53. The molecule has 0 spiro atoms. The van der Waals surface area contributed by atoms with E-state index in [0.29, 0.717) is 18.8 Å². The molecule has 1 aromatic heterocycles. The van der Waals surface area contributed by atoms with Crippen molar-refractivity contribution in [1.82, 2.24) is 10.6 Å². The molecule has 4 rings (SSSR count). The van der Waals surface area contributed by atoms with Crippen LogP contribution in [-0.4, -0.2) is 44.4 Å². The third-order valence-electron chi connectivity index (χ3n) is 5.12. The first-order chi connectivity index (χ1) is 12.8. The zero-order chi connectivity index (χ0) is 17.8. The van der Waals surface area contributed by atoms with Gasteiger partial charge in [0.15, 0.2) is 5.76 Å². The van der Waals surface area contributed by atoms with Gasteiger partial charge in [0.2, 0.25) is 0 Å². The standard InChI is InChI=1S/C20H26N2O4/c23-20(22-12-15-6-4-10-25-15)19-17(13-21-11-14-5-3-9-24-14)16-7-1-2-8-18(16)26-19/h1-2,7-8,14-15,21H,3-6,9-13H2,(H,22,23)/t14-,15+/m0/s1. The highest BCUT2D eigenvalue weighted by Gasteiger charge is 2.23. The van der Waals surface area contributed by atoms with E-state index in [1.807, 2.05) is 24.3 Å². The van der Waals surface area contributed by atoms with Crippen LogP contribution in [0.2, 0.25) is 0 Å². The van der Waals surface area contributed by atoms with Crippen molar-refractivity contribution < 1.29 is 18.7 Å². The molecule has 2 fully saturated rings. The number of hydrogen-bond acceptors (Lipinski definition) is 5. The van der Waals surface area contributed by atoms with Gasteiger partial charge in [-0.25, -0.2) is 0 Å². The SMILES string of the molecule is O=C(NC[C@H]1CCCO1)c1oc2ccccc2c1CNC[C@@H]1CCCO1. The number of nitrogens with one attached hydrogen (secondary N) is 2. The van der Waals surface area contributed by atoms with Crippen LogP contribution in [-0.2, 0) is 16.0 Å². The molecule has 3 heterocycles. The Morgan fingerprint density at radius 1 is 1.04 bits per heavy atom. The topological polar surface area (TPSA) is 72.7 Å². The van der Waals surface area contributed by atoms with Crippen LogP contribution in [0.15, 0.2) is 28.7 Å². The lowest BCUT2D eigenvalue weighted by molar-refractivity contribution is 0.0835. The van der Waals surface area contributed by atoms with Gasteiger partial charge in [0.1, 0.15) is 5.58 Å². The van der Waals surface area contributed by atoms with Crippen molar-refractivity contribution in [3.05, 3.63) is 35.6 Å². The Balaban J connectivity index is 1.46. The summed E-state index contributed by atoms with van der Waals surface area (Å²) in [6, 6.07) is 7.79. The summed E-state index contributed by atoms with van der Waals surface area (Å²) in [5.74, 6) is 0.217. The summed E-state index contributed by atoms with van der Waals surface area (Å²) in [6.45, 7) is 3.52. The zero-order valence-corrected chi connectivity index (χ0v) is 15.0. The van der Waals surface area contributed by atoms with Gasteiger partial charge >= 0.3 is 0 Å². The monoisotopic (exact) mass is 358 g/mol. The Labute approximate surface area is 153 Å². The fourth-order valence-corrected chi connectivity index (χ4v) is 3.71. The molecule has 0 unspecified atom stereocenters. The van der Waals surface area contributed by atoms with Crippen LogP contribution >= 0.6 is 0 Å². The third kappa shape index (κ3) is 3.92. The van der Waals surface area contributed by atoms with Gasteiger partial charge in [0, 0.05) is 43.8 Å². The number of carbonyl (C=O) groups is 1. The van der Waals surface area contributed by atoms with Crippen LogP contribution in [0.25, 0.3) is 11.0 Å². The first-order valence-electron chi connectivity index (χ1n) is 9.54. The van der Waals surface area contributed by atoms with Gasteiger partial charge < -0.3 is 24.5 Å². The van der Waals surface area contributed by atoms with Crippen LogP contribution in [0.1, 0.15) is 41.8 Å². The van der Waals surface area contributed by atoms with E-state index >= 15 is 0 Å². The first-order valence-corrected chi connectivity index (χ1v) is 9.54. The van der Waals surface area contributed by atoms with Crippen molar-refractivity contribution >= 4 is 16.9 Å². The van der Waals surface area contributed by atoms with Crippen molar-refractivity contribution in [2.75, 3.05) is 26.3 Å². The number of furan rings is 1. The number of carbonyl (C=O) groups excluding carboxylic acids is 1. The van der Waals surface area contributed by atoms with Crippen LogP contribution in [0.5, 0.6) is 0 Å². The quantitative estimate of drug-likeness (QED) is 0.796. The molecule has 0 saturated carbocycles. The average Bonchev–Trinajstić information content (AvgIpc) is 3.41. The Morgan fingerprint density at radius 2 is 1.77 bits per heavy atom. The second-order valence-electron chi connectivity index (χ2n) is 7.02. The van der Waals surface area contributed by atoms with Gasteiger partial charge in [0.05, 0.1) is 12.2 Å². The van der Waals surface area contributed by atoms with E-state index in [0.717, 1.165) is 62.0 Å². The van der Waals surface area contributed by atoms with Crippen LogP contribution < -0.4 is 10.6 Å². The second-order valence-corrected chi connectivity index (χ2v) is 7.02. The number of para-hydroxylation sites is 1. The van der Waals surface area contributed by atoms with Gasteiger partial charge in [-0.2, -0.15) is 0 Å². The van der Waals surface area contributed by atoms with E-state index in [9.17, 15) is 4.79 Å². The van der Waals surface area contributed by atoms with E-state index in [2.05, 4.69) is 10.6 Å². The molecule has 2 aliphatic heterocycles. The van der Waals surface area contributed by atoms with E-state index in [1.54, 1.807) is 0 Å². The summed E-state index contributed by atoms with van der Waals surface area (Å²) in [7, 11) is 0. The Morgan fingerprint density at radius 3 is 2.50 bits per heavy atom. The number of fused-ring (bicyclic) bond motifs is 1. The minimum Gasteiger partial charge on any atom is -0.451 e. The number of ether oxygens (including phenoxy) is 2. The van der Waals surface area contributed by atoms with Crippen LogP contribution in [0, 0.1) is 0 Å². The molecule has 26 heavy (non-hydrogen) atoms. The molecule has 2 aliphatic rings. The lowest BCUT2D eigenvalue weighted by atomic mass is 10.1. The molecule has 0 radical (unpaired) electrons. The first kappa shape index (κ1) is 17.5. The summed E-state index contributed by atoms with van der Waals surface area (Å²) in [6.07, 6.45) is 4.65. The van der Waals surface area contributed by atoms with Gasteiger partial charge in [-0.15, -0.1) is 0 Å². The predicted molar refractivity (Wildman–Crippen MR) is 98.2 cm³/mol. The molecular weight excluding hydrogens is 332 g/mol. The van der Waals surface area contributed by atoms with Gasteiger partial charge in [-0.3, -0.25) is 4.79 Å². The molecule has 0 bridgehead atoms. The smallest absolute Gasteiger partial charge is 0.287 e. The van der Waals surface area contributed by atoms with Crippen molar-refractivity contribution in [2.45, 2.75) is 44.4 Å². The largest absolute Gasteiger partial charge is 0.451 e. The molecule has 6 nitrogen and oxygen atoms in total. The van der Waals surface area contributed by atoms with E-state index < -0.39 is 0 Å². The molecule has 2 N–H and O–H groups in total. The highest BCUT2D eigenvalue weighted by atomic mass is 16.5. The summed E-state index contributed by atoms with van der Waals surface area (Å²) < 4.78 is 17.1. The molecular formula is C20H26N2O4. The maximum absolute atomic E-state index is 12.7. The molecule has 1 aromatic carbocycles. The number of amides is 1. The highest BCUT2D eigenvalue weighted by Crippen LogP contribution is 2.26. The molecule has 6 heteroatoms. The number of benzene rings is 1. The Bertz CT molecular complexity index is 745. The number of hydrogen-bond donors (Lipinski definition) is 2. The van der Waals surface area contributed by atoms with E-state index in [4.69, 9.17) is 13.9 Å². The normalized spacial score (nSPS) is 22.9. The Hall–Kier alpha value is -1.89. The fourth-order valence-electron chi connectivity index (χ4n) is 3.71. The van der Waals surface area contributed by atoms with Crippen LogP contribution in [0.4, 0.5) is 0 Å². The second kappa shape index (κ2) is 8.20. The molecule has 2 saturated heterocycles. The van der Waals surface area contributed by atoms with Gasteiger partial charge in [-0.1, -0.05) is 18.2 Å².